The number of esters is 1. The monoisotopic (exact) mass is 580 g/mol. The number of aryl methyl sites for hydroxylation is 1. The summed E-state index contributed by atoms with van der Waals surface area (Å²) in [7, 11) is 0. The van der Waals surface area contributed by atoms with E-state index in [1.165, 1.54) is 81.1 Å². The van der Waals surface area contributed by atoms with Crippen LogP contribution in [0.2, 0.25) is 0 Å². The van der Waals surface area contributed by atoms with Crippen LogP contribution in [0.25, 0.3) is 49.9 Å². The van der Waals surface area contributed by atoms with Crippen LogP contribution < -0.4 is 0 Å². The Balaban J connectivity index is 1.29. The predicted molar refractivity (Wildman–Crippen MR) is 189 cm³/mol. The Hall–Kier alpha value is -4.43. The molecule has 0 fully saturated rings. The van der Waals surface area contributed by atoms with Crippen LogP contribution in [0.5, 0.6) is 0 Å². The van der Waals surface area contributed by atoms with Crippen LogP contribution in [-0.2, 0) is 16.0 Å². The van der Waals surface area contributed by atoms with Crippen LogP contribution in [-0.4, -0.2) is 12.6 Å². The average molecular weight is 581 g/mol. The fourth-order valence-corrected chi connectivity index (χ4v) is 6.31. The van der Waals surface area contributed by atoms with Crippen molar-refractivity contribution in [3.63, 3.8) is 0 Å². The summed E-state index contributed by atoms with van der Waals surface area (Å²) >= 11 is 0. The van der Waals surface area contributed by atoms with Gasteiger partial charge in [0.25, 0.3) is 0 Å². The molecule has 2 unspecified atom stereocenters. The third-order valence-corrected chi connectivity index (χ3v) is 8.95. The summed E-state index contributed by atoms with van der Waals surface area (Å²) in [5, 5.41) is 5.11. The molecule has 0 aliphatic rings. The number of rotatable bonds is 14. The zero-order valence-corrected chi connectivity index (χ0v) is 26.2. The first kappa shape index (κ1) is 31.0. The lowest BCUT2D eigenvalue weighted by Crippen LogP contribution is -2.06. The molecule has 0 aliphatic carbocycles. The minimum Gasteiger partial charge on any atom is -0.463 e. The Morgan fingerprint density at radius 1 is 0.659 bits per heavy atom. The summed E-state index contributed by atoms with van der Waals surface area (Å²) in [5.74, 6) is 0.914. The van der Waals surface area contributed by atoms with Crippen molar-refractivity contribution in [2.24, 2.45) is 11.8 Å². The van der Waals surface area contributed by atoms with E-state index in [0.29, 0.717) is 18.4 Å². The van der Waals surface area contributed by atoms with Gasteiger partial charge in [-0.05, 0) is 86.0 Å². The van der Waals surface area contributed by atoms with E-state index in [1.807, 2.05) is 6.08 Å². The molecule has 0 radical (unpaired) electrons. The van der Waals surface area contributed by atoms with Crippen molar-refractivity contribution >= 4 is 33.6 Å². The van der Waals surface area contributed by atoms with Crippen LogP contribution >= 0.6 is 0 Å². The van der Waals surface area contributed by atoms with Gasteiger partial charge in [0.1, 0.15) is 0 Å². The van der Waals surface area contributed by atoms with E-state index < -0.39 is 0 Å². The molecule has 2 atom stereocenters. The van der Waals surface area contributed by atoms with E-state index in [4.69, 9.17) is 4.74 Å². The van der Waals surface area contributed by atoms with Crippen molar-refractivity contribution in [1.29, 1.82) is 0 Å². The van der Waals surface area contributed by atoms with Gasteiger partial charge in [0.2, 0.25) is 0 Å². The predicted octanol–water partition coefficient (Wildman–Crippen LogP) is 11.5. The normalized spacial score (nSPS) is 12.6. The molecule has 44 heavy (non-hydrogen) atoms. The number of carbonyl (C=O) groups is 1. The summed E-state index contributed by atoms with van der Waals surface area (Å²) in [6.07, 6.45) is 9.94. The maximum absolute atomic E-state index is 11.2. The average Bonchev–Trinajstić information content (AvgIpc) is 3.06. The van der Waals surface area contributed by atoms with E-state index >= 15 is 0 Å². The van der Waals surface area contributed by atoms with Crippen LogP contribution in [0, 0.1) is 11.8 Å². The highest BCUT2D eigenvalue weighted by Crippen LogP contribution is 2.43. The van der Waals surface area contributed by atoms with Crippen LogP contribution in [0.4, 0.5) is 0 Å². The molecule has 0 saturated heterocycles. The van der Waals surface area contributed by atoms with Crippen LogP contribution in [0.15, 0.2) is 116 Å². The highest BCUT2D eigenvalue weighted by molar-refractivity contribution is 6.21. The van der Waals surface area contributed by atoms with E-state index in [-0.39, 0.29) is 5.97 Å². The molecular formula is C42H44O2. The van der Waals surface area contributed by atoms with Gasteiger partial charge in [0.15, 0.2) is 0 Å². The van der Waals surface area contributed by atoms with Gasteiger partial charge in [0, 0.05) is 6.08 Å². The zero-order valence-electron chi connectivity index (χ0n) is 26.2. The standard InChI is InChI=1S/C42H44O2/c1-5-32-20-24-34(25-21-32)41-36-14-7-9-16-38(36)42(39-17-10-8-15-37(39)41)35-26-22-33(23-27-35)19-18-30(3)12-11-13-31(4)28-29-44-40(43)6-2/h5-10,14-17,20-27,30-31H,1-2,11-13,18-19,28-29H2,3-4H3. The molecule has 0 aliphatic heterocycles. The van der Waals surface area contributed by atoms with Crippen molar-refractivity contribution in [3.05, 3.63) is 127 Å². The summed E-state index contributed by atoms with van der Waals surface area (Å²) in [5.41, 5.74) is 7.59. The van der Waals surface area contributed by atoms with Crippen LogP contribution in [0.1, 0.15) is 57.1 Å². The Labute approximate surface area is 263 Å². The van der Waals surface area contributed by atoms with E-state index in [1.54, 1.807) is 0 Å². The molecule has 5 aromatic rings. The molecular weight excluding hydrogens is 536 g/mol. The van der Waals surface area contributed by atoms with Gasteiger partial charge in [-0.15, -0.1) is 0 Å². The fraction of sp³-hybridized carbons (Fsp3) is 0.262. The smallest absolute Gasteiger partial charge is 0.330 e. The molecule has 0 heterocycles. The van der Waals surface area contributed by atoms with Gasteiger partial charge in [0.05, 0.1) is 6.61 Å². The van der Waals surface area contributed by atoms with Gasteiger partial charge in [-0.3, -0.25) is 0 Å². The minimum absolute atomic E-state index is 0.329. The first-order chi connectivity index (χ1) is 21.5. The fourth-order valence-electron chi connectivity index (χ4n) is 6.31. The summed E-state index contributed by atoms with van der Waals surface area (Å²) in [6, 6.07) is 35.6. The number of ether oxygens (including phenoxy) is 1. The summed E-state index contributed by atoms with van der Waals surface area (Å²) in [6.45, 7) is 12.5. The minimum atomic E-state index is -0.329. The summed E-state index contributed by atoms with van der Waals surface area (Å²) in [4.78, 5) is 11.2. The second-order valence-electron chi connectivity index (χ2n) is 12.2. The van der Waals surface area contributed by atoms with E-state index in [2.05, 4.69) is 124 Å². The van der Waals surface area contributed by atoms with Gasteiger partial charge in [-0.2, -0.15) is 0 Å². The largest absolute Gasteiger partial charge is 0.463 e. The molecule has 0 aromatic heterocycles. The molecule has 2 nitrogen and oxygen atoms in total. The van der Waals surface area contributed by atoms with E-state index in [9.17, 15) is 4.79 Å². The number of carbonyl (C=O) groups excluding carboxylic acids is 1. The molecule has 0 bridgehead atoms. The van der Waals surface area contributed by atoms with E-state index in [0.717, 1.165) is 18.4 Å². The molecule has 0 spiro atoms. The second kappa shape index (κ2) is 14.8. The number of hydrogen-bond donors (Lipinski definition) is 0. The number of hydrogen-bond acceptors (Lipinski definition) is 2. The van der Waals surface area contributed by atoms with Crippen molar-refractivity contribution in [1.82, 2.24) is 0 Å². The number of fused-ring (bicyclic) bond motifs is 2. The lowest BCUT2D eigenvalue weighted by atomic mass is 9.85. The number of benzene rings is 5. The Kier molecular flexibility index (Phi) is 10.5. The quantitative estimate of drug-likeness (QED) is 0.0742. The zero-order chi connectivity index (χ0) is 30.9. The third-order valence-electron chi connectivity index (χ3n) is 8.95. The molecule has 5 aromatic carbocycles. The first-order valence-electron chi connectivity index (χ1n) is 16.0. The Morgan fingerprint density at radius 3 is 1.61 bits per heavy atom. The molecule has 2 heteroatoms. The topological polar surface area (TPSA) is 26.3 Å². The molecule has 224 valence electrons. The Morgan fingerprint density at radius 2 is 1.14 bits per heavy atom. The third kappa shape index (κ3) is 7.37. The summed E-state index contributed by atoms with van der Waals surface area (Å²) < 4.78 is 5.13. The van der Waals surface area contributed by atoms with Gasteiger partial charge >= 0.3 is 5.97 Å². The highest BCUT2D eigenvalue weighted by Gasteiger charge is 2.16. The Bertz CT molecular complexity index is 1670. The van der Waals surface area contributed by atoms with Crippen molar-refractivity contribution < 1.29 is 9.53 Å². The molecule has 5 rings (SSSR count). The van der Waals surface area contributed by atoms with Crippen LogP contribution in [0.3, 0.4) is 0 Å². The SMILES string of the molecule is C=CC(=O)OCCC(C)CCCC(C)CCc1ccc(-c2c3ccccc3c(-c3ccc(C=C)cc3)c3ccccc23)cc1. The van der Waals surface area contributed by atoms with Gasteiger partial charge in [-0.25, -0.2) is 4.79 Å². The van der Waals surface area contributed by atoms with Gasteiger partial charge in [-0.1, -0.05) is 149 Å². The molecule has 0 saturated carbocycles. The van der Waals surface area contributed by atoms with Gasteiger partial charge < -0.3 is 4.74 Å². The maximum Gasteiger partial charge on any atom is 0.330 e. The second-order valence-corrected chi connectivity index (χ2v) is 12.2. The first-order valence-corrected chi connectivity index (χ1v) is 16.0. The lowest BCUT2D eigenvalue weighted by Gasteiger charge is -2.18. The molecule has 0 N–H and O–H groups in total. The van der Waals surface area contributed by atoms with Crippen molar-refractivity contribution in [2.75, 3.05) is 6.61 Å². The van der Waals surface area contributed by atoms with Crippen molar-refractivity contribution in [3.8, 4) is 22.3 Å². The highest BCUT2D eigenvalue weighted by atomic mass is 16.5. The maximum atomic E-state index is 11.2. The molecule has 0 amide bonds. The van der Waals surface area contributed by atoms with Crippen molar-refractivity contribution in [2.45, 2.75) is 52.4 Å². The lowest BCUT2D eigenvalue weighted by molar-refractivity contribution is -0.138.